The SMILES string of the molecule is NC(Cc1cc(F)cc(Br)c1)c1cc2cccc(Br)c2o1. The van der Waals surface area contributed by atoms with E-state index >= 15 is 0 Å². The van der Waals surface area contributed by atoms with E-state index in [4.69, 9.17) is 10.2 Å². The first kappa shape index (κ1) is 14.8. The molecule has 0 fully saturated rings. The Bertz CT molecular complexity index is 780. The first-order valence-corrected chi connectivity index (χ1v) is 8.00. The van der Waals surface area contributed by atoms with Crippen LogP contribution in [0, 0.1) is 5.82 Å². The van der Waals surface area contributed by atoms with Gasteiger partial charge in [-0.3, -0.25) is 0 Å². The van der Waals surface area contributed by atoms with E-state index in [9.17, 15) is 4.39 Å². The number of hydrogen-bond donors (Lipinski definition) is 1. The highest BCUT2D eigenvalue weighted by molar-refractivity contribution is 9.11. The van der Waals surface area contributed by atoms with E-state index in [1.807, 2.05) is 30.3 Å². The third-order valence-corrected chi connectivity index (χ3v) is 4.34. The van der Waals surface area contributed by atoms with Gasteiger partial charge in [0.05, 0.1) is 10.5 Å². The van der Waals surface area contributed by atoms with E-state index in [2.05, 4.69) is 31.9 Å². The average Bonchev–Trinajstić information content (AvgIpc) is 2.83. The minimum absolute atomic E-state index is 0.279. The number of furan rings is 1. The molecule has 2 nitrogen and oxygen atoms in total. The summed E-state index contributed by atoms with van der Waals surface area (Å²) in [6.07, 6.45) is 0.508. The number of rotatable bonds is 3. The predicted octanol–water partition coefficient (Wildman–Crippen LogP) is 5.34. The molecule has 2 aromatic carbocycles. The van der Waals surface area contributed by atoms with E-state index in [0.717, 1.165) is 21.0 Å². The van der Waals surface area contributed by atoms with Crippen LogP contribution >= 0.6 is 31.9 Å². The fourth-order valence-electron chi connectivity index (χ4n) is 2.31. The Morgan fingerprint density at radius 2 is 1.95 bits per heavy atom. The number of fused-ring (bicyclic) bond motifs is 1. The summed E-state index contributed by atoms with van der Waals surface area (Å²) in [5.41, 5.74) is 7.80. The second-order valence-corrected chi connectivity index (χ2v) is 6.67. The van der Waals surface area contributed by atoms with E-state index in [-0.39, 0.29) is 11.9 Å². The zero-order chi connectivity index (χ0) is 15.0. The van der Waals surface area contributed by atoms with Gasteiger partial charge in [0.1, 0.15) is 17.2 Å². The maximum atomic E-state index is 13.4. The van der Waals surface area contributed by atoms with E-state index < -0.39 is 0 Å². The molecule has 0 bridgehead atoms. The average molecular weight is 413 g/mol. The van der Waals surface area contributed by atoms with E-state index in [1.54, 1.807) is 0 Å². The van der Waals surface area contributed by atoms with Crippen molar-refractivity contribution in [1.82, 2.24) is 0 Å². The van der Waals surface area contributed by atoms with Crippen molar-refractivity contribution in [2.45, 2.75) is 12.5 Å². The predicted molar refractivity (Wildman–Crippen MR) is 88.6 cm³/mol. The van der Waals surface area contributed by atoms with Crippen LogP contribution in [0.2, 0.25) is 0 Å². The lowest BCUT2D eigenvalue weighted by molar-refractivity contribution is 0.492. The molecule has 1 unspecified atom stereocenters. The largest absolute Gasteiger partial charge is 0.458 e. The second-order valence-electron chi connectivity index (χ2n) is 4.90. The molecule has 108 valence electrons. The van der Waals surface area contributed by atoms with Crippen LogP contribution in [0.5, 0.6) is 0 Å². The highest BCUT2D eigenvalue weighted by atomic mass is 79.9. The molecule has 1 atom stereocenters. The lowest BCUT2D eigenvalue weighted by atomic mass is 10.0. The fourth-order valence-corrected chi connectivity index (χ4v) is 3.29. The normalized spacial score (nSPS) is 12.8. The van der Waals surface area contributed by atoms with Crippen molar-refractivity contribution in [3.63, 3.8) is 0 Å². The van der Waals surface area contributed by atoms with E-state index in [0.29, 0.717) is 16.7 Å². The quantitative estimate of drug-likeness (QED) is 0.630. The van der Waals surface area contributed by atoms with Crippen LogP contribution in [0.4, 0.5) is 4.39 Å². The summed E-state index contributed by atoms with van der Waals surface area (Å²) in [6, 6.07) is 12.2. The molecule has 2 N–H and O–H groups in total. The monoisotopic (exact) mass is 411 g/mol. The topological polar surface area (TPSA) is 39.2 Å². The first-order valence-electron chi connectivity index (χ1n) is 6.41. The maximum absolute atomic E-state index is 13.4. The Morgan fingerprint density at radius 1 is 1.14 bits per heavy atom. The summed E-state index contributed by atoms with van der Waals surface area (Å²) < 4.78 is 20.8. The highest BCUT2D eigenvalue weighted by Gasteiger charge is 2.14. The number of halogens is 3. The summed E-state index contributed by atoms with van der Waals surface area (Å²) in [6.45, 7) is 0. The van der Waals surface area contributed by atoms with Gasteiger partial charge in [-0.2, -0.15) is 0 Å². The van der Waals surface area contributed by atoms with Crippen molar-refractivity contribution in [3.05, 3.63) is 68.6 Å². The summed E-state index contributed by atoms with van der Waals surface area (Å²) in [4.78, 5) is 0. The van der Waals surface area contributed by atoms with Crippen LogP contribution in [-0.4, -0.2) is 0 Å². The Labute approximate surface area is 138 Å². The van der Waals surface area contributed by atoms with Crippen molar-refractivity contribution in [1.29, 1.82) is 0 Å². The van der Waals surface area contributed by atoms with Gasteiger partial charge in [-0.05, 0) is 58.2 Å². The van der Waals surface area contributed by atoms with Gasteiger partial charge in [-0.15, -0.1) is 0 Å². The molecule has 5 heteroatoms. The molecule has 0 aliphatic rings. The van der Waals surface area contributed by atoms with Crippen molar-refractivity contribution < 1.29 is 8.81 Å². The van der Waals surface area contributed by atoms with Gasteiger partial charge < -0.3 is 10.2 Å². The molecule has 0 saturated carbocycles. The molecule has 0 radical (unpaired) electrons. The molecule has 1 aromatic heterocycles. The molecule has 0 spiro atoms. The van der Waals surface area contributed by atoms with Gasteiger partial charge in [0.25, 0.3) is 0 Å². The highest BCUT2D eigenvalue weighted by Crippen LogP contribution is 2.30. The van der Waals surface area contributed by atoms with Gasteiger partial charge in [0, 0.05) is 9.86 Å². The third kappa shape index (κ3) is 3.20. The van der Waals surface area contributed by atoms with Crippen LogP contribution in [0.25, 0.3) is 11.0 Å². The van der Waals surface area contributed by atoms with Crippen LogP contribution in [0.15, 0.2) is 55.8 Å². The molecular formula is C16H12Br2FNO. The number of para-hydroxylation sites is 1. The summed E-state index contributed by atoms with van der Waals surface area (Å²) in [5, 5.41) is 0.996. The Hall–Kier alpha value is -1.17. The van der Waals surface area contributed by atoms with Crippen molar-refractivity contribution >= 4 is 42.8 Å². The minimum Gasteiger partial charge on any atom is -0.458 e. The molecule has 0 amide bonds. The maximum Gasteiger partial charge on any atom is 0.148 e. The van der Waals surface area contributed by atoms with Gasteiger partial charge in [-0.25, -0.2) is 4.39 Å². The standard InChI is InChI=1S/C16H12Br2FNO/c17-11-4-9(5-12(19)8-11)6-14(20)15-7-10-2-1-3-13(18)16(10)21-15/h1-5,7-8,14H,6,20H2. The van der Waals surface area contributed by atoms with Gasteiger partial charge in [0.15, 0.2) is 0 Å². The molecule has 0 saturated heterocycles. The van der Waals surface area contributed by atoms with Gasteiger partial charge in [-0.1, -0.05) is 28.1 Å². The first-order chi connectivity index (χ1) is 10.0. The molecule has 3 aromatic rings. The molecule has 0 aliphatic heterocycles. The van der Waals surface area contributed by atoms with Crippen LogP contribution in [0.1, 0.15) is 17.4 Å². The van der Waals surface area contributed by atoms with Crippen LogP contribution in [0.3, 0.4) is 0 Å². The Balaban J connectivity index is 1.89. The smallest absolute Gasteiger partial charge is 0.148 e. The van der Waals surface area contributed by atoms with Gasteiger partial charge >= 0.3 is 0 Å². The summed E-state index contributed by atoms with van der Waals surface area (Å²) in [5.74, 6) is 0.413. The molecule has 1 heterocycles. The van der Waals surface area contributed by atoms with Crippen LogP contribution < -0.4 is 5.73 Å². The summed E-state index contributed by atoms with van der Waals surface area (Å²) >= 11 is 6.74. The van der Waals surface area contributed by atoms with Crippen molar-refractivity contribution in [3.8, 4) is 0 Å². The molecule has 3 rings (SSSR count). The minimum atomic E-state index is -0.321. The molecule has 21 heavy (non-hydrogen) atoms. The van der Waals surface area contributed by atoms with Gasteiger partial charge in [0.2, 0.25) is 0 Å². The zero-order valence-electron chi connectivity index (χ0n) is 10.9. The zero-order valence-corrected chi connectivity index (χ0v) is 14.1. The lowest BCUT2D eigenvalue weighted by Gasteiger charge is -2.09. The van der Waals surface area contributed by atoms with Crippen molar-refractivity contribution in [2.75, 3.05) is 0 Å². The number of nitrogens with two attached hydrogens (primary N) is 1. The number of benzene rings is 2. The Kier molecular flexibility index (Phi) is 4.15. The third-order valence-electron chi connectivity index (χ3n) is 3.26. The van der Waals surface area contributed by atoms with Crippen LogP contribution in [-0.2, 0) is 6.42 Å². The molecular weight excluding hydrogens is 401 g/mol. The fraction of sp³-hybridized carbons (Fsp3) is 0.125. The lowest BCUT2D eigenvalue weighted by Crippen LogP contribution is -2.12. The van der Waals surface area contributed by atoms with Crippen molar-refractivity contribution in [2.24, 2.45) is 5.73 Å². The van der Waals surface area contributed by atoms with E-state index in [1.165, 1.54) is 12.1 Å². The summed E-state index contributed by atoms with van der Waals surface area (Å²) in [7, 11) is 0. The number of hydrogen-bond acceptors (Lipinski definition) is 2. The Morgan fingerprint density at radius 3 is 2.67 bits per heavy atom. The molecule has 0 aliphatic carbocycles. The second kappa shape index (κ2) is 5.91.